The molecule has 0 bridgehead atoms. The Morgan fingerprint density at radius 3 is 2.31 bits per heavy atom. The second kappa shape index (κ2) is 9.12. The van der Waals surface area contributed by atoms with Crippen LogP contribution in [0.1, 0.15) is 43.5 Å². The molecule has 0 aliphatic carbocycles. The van der Waals surface area contributed by atoms with E-state index in [2.05, 4.69) is 20.8 Å². The summed E-state index contributed by atoms with van der Waals surface area (Å²) in [5.41, 5.74) is 1.87. The van der Waals surface area contributed by atoms with Crippen LogP contribution < -0.4 is 9.64 Å². The molecule has 0 spiro atoms. The van der Waals surface area contributed by atoms with Gasteiger partial charge in [-0.15, -0.1) is 0 Å². The summed E-state index contributed by atoms with van der Waals surface area (Å²) in [4.78, 5) is 27.8. The molecule has 6 nitrogen and oxygen atoms in total. The van der Waals surface area contributed by atoms with E-state index in [-0.39, 0.29) is 33.2 Å². The molecule has 3 aromatic rings. The van der Waals surface area contributed by atoms with Crippen LogP contribution >= 0.6 is 11.6 Å². The van der Waals surface area contributed by atoms with Crippen LogP contribution in [0.4, 0.5) is 5.69 Å². The van der Waals surface area contributed by atoms with Crippen molar-refractivity contribution in [3.05, 3.63) is 94.0 Å². The summed E-state index contributed by atoms with van der Waals surface area (Å²) in [6.45, 7) is 6.25. The number of anilines is 1. The number of aliphatic hydroxyl groups excluding tert-OH is 1. The fourth-order valence-electron chi connectivity index (χ4n) is 4.18. The van der Waals surface area contributed by atoms with Crippen LogP contribution in [0.2, 0.25) is 5.02 Å². The zero-order valence-electron chi connectivity index (χ0n) is 19.9. The maximum Gasteiger partial charge on any atom is 0.300 e. The minimum absolute atomic E-state index is 0.0780. The quantitative estimate of drug-likeness (QED) is 0.266. The third kappa shape index (κ3) is 4.49. The molecule has 0 saturated carbocycles. The van der Waals surface area contributed by atoms with Crippen LogP contribution in [0, 0.1) is 0 Å². The Hall–Kier alpha value is -3.77. The number of methoxy groups -OCH3 is 1. The summed E-state index contributed by atoms with van der Waals surface area (Å²) in [5.74, 6) is -1.81. The number of aliphatic hydroxyl groups is 1. The van der Waals surface area contributed by atoms with E-state index < -0.39 is 17.7 Å². The highest BCUT2D eigenvalue weighted by Gasteiger charge is 2.47. The molecule has 0 radical (unpaired) electrons. The number of rotatable bonds is 4. The van der Waals surface area contributed by atoms with Gasteiger partial charge in [-0.05, 0) is 46.9 Å². The molecule has 180 valence electrons. The highest BCUT2D eigenvalue weighted by Crippen LogP contribution is 2.45. The molecule has 7 heteroatoms. The first-order valence-corrected chi connectivity index (χ1v) is 11.4. The fourth-order valence-corrected chi connectivity index (χ4v) is 4.34. The average molecular weight is 492 g/mol. The van der Waals surface area contributed by atoms with Gasteiger partial charge in [0.25, 0.3) is 11.7 Å². The van der Waals surface area contributed by atoms with Gasteiger partial charge in [-0.1, -0.05) is 68.8 Å². The first-order valence-electron chi connectivity index (χ1n) is 11.1. The van der Waals surface area contributed by atoms with Crippen molar-refractivity contribution in [2.75, 3.05) is 12.0 Å². The van der Waals surface area contributed by atoms with Gasteiger partial charge in [-0.2, -0.15) is 0 Å². The van der Waals surface area contributed by atoms with Crippen molar-refractivity contribution in [2.24, 2.45) is 0 Å². The lowest BCUT2D eigenvalue weighted by Crippen LogP contribution is -2.29. The molecule has 1 aliphatic heterocycles. The van der Waals surface area contributed by atoms with Crippen LogP contribution in [-0.4, -0.2) is 29.0 Å². The van der Waals surface area contributed by atoms with E-state index in [0.717, 1.165) is 5.56 Å². The number of carbonyl (C=O) groups excluding carboxylic acids is 2. The van der Waals surface area contributed by atoms with E-state index in [1.165, 1.54) is 30.2 Å². The summed E-state index contributed by atoms with van der Waals surface area (Å²) in [6.07, 6.45) is 0. The number of ether oxygens (including phenoxy) is 1. The predicted molar refractivity (Wildman–Crippen MR) is 136 cm³/mol. The lowest BCUT2D eigenvalue weighted by Gasteiger charge is -2.27. The van der Waals surface area contributed by atoms with Crippen molar-refractivity contribution in [2.45, 2.75) is 32.2 Å². The van der Waals surface area contributed by atoms with E-state index in [0.29, 0.717) is 16.9 Å². The molecular formula is C28H26ClNO5. The third-order valence-corrected chi connectivity index (χ3v) is 6.31. The molecule has 1 atom stereocenters. The summed E-state index contributed by atoms with van der Waals surface area (Å²) >= 11 is 6.16. The molecule has 1 fully saturated rings. The number of phenols is 1. The maximum atomic E-state index is 13.3. The molecule has 1 aliphatic rings. The SMILES string of the molecule is COc1cccc(/C(O)=C2\C(=O)C(=O)N(c3cc(Cl)ccc3O)C2c2ccc(C(C)(C)C)cc2)c1. The van der Waals surface area contributed by atoms with E-state index in [1.54, 1.807) is 24.3 Å². The first-order chi connectivity index (χ1) is 16.5. The number of carbonyl (C=O) groups is 2. The van der Waals surface area contributed by atoms with Crippen LogP contribution in [0.5, 0.6) is 11.5 Å². The Morgan fingerprint density at radius 1 is 1.00 bits per heavy atom. The van der Waals surface area contributed by atoms with Crippen molar-refractivity contribution in [3.63, 3.8) is 0 Å². The number of ketones is 1. The zero-order chi connectivity index (χ0) is 25.5. The Labute approximate surface area is 209 Å². The van der Waals surface area contributed by atoms with Crippen molar-refractivity contribution < 1.29 is 24.5 Å². The number of benzene rings is 3. The molecule has 1 heterocycles. The Kier molecular flexibility index (Phi) is 6.34. The monoisotopic (exact) mass is 491 g/mol. The second-order valence-corrected chi connectivity index (χ2v) is 9.84. The van der Waals surface area contributed by atoms with Gasteiger partial charge in [-0.3, -0.25) is 14.5 Å². The molecule has 1 saturated heterocycles. The molecule has 0 aromatic heterocycles. The normalized spacial score (nSPS) is 17.6. The van der Waals surface area contributed by atoms with Gasteiger partial charge in [0.15, 0.2) is 0 Å². The Balaban J connectivity index is 1.96. The summed E-state index contributed by atoms with van der Waals surface area (Å²) in [7, 11) is 1.50. The van der Waals surface area contributed by atoms with Gasteiger partial charge in [-0.25, -0.2) is 0 Å². The van der Waals surface area contributed by atoms with Crippen LogP contribution in [0.15, 0.2) is 72.3 Å². The maximum absolute atomic E-state index is 13.3. The summed E-state index contributed by atoms with van der Waals surface area (Å²) in [6, 6.07) is 17.4. The topological polar surface area (TPSA) is 87.1 Å². The second-order valence-electron chi connectivity index (χ2n) is 9.41. The standard InChI is InChI=1S/C28H26ClNO5/c1-28(2,3)18-10-8-16(9-11-18)24-23(25(32)17-6-5-7-20(14-17)35-4)26(33)27(34)30(24)21-15-19(29)12-13-22(21)31/h5-15,24,31-32H,1-4H3/b25-23+. The van der Waals surface area contributed by atoms with E-state index >= 15 is 0 Å². The number of hydrogen-bond donors (Lipinski definition) is 2. The number of Topliss-reactive ketones (excluding diaryl/α,β-unsaturated/α-hetero) is 1. The number of nitrogens with zero attached hydrogens (tertiary/aromatic N) is 1. The minimum atomic E-state index is -0.986. The molecule has 2 N–H and O–H groups in total. The van der Waals surface area contributed by atoms with Gasteiger partial charge in [0.2, 0.25) is 0 Å². The largest absolute Gasteiger partial charge is 0.507 e. The van der Waals surface area contributed by atoms with E-state index in [1.807, 2.05) is 24.3 Å². The number of halogens is 1. The molecular weight excluding hydrogens is 466 g/mol. The zero-order valence-corrected chi connectivity index (χ0v) is 20.6. The van der Waals surface area contributed by atoms with Gasteiger partial charge in [0.1, 0.15) is 17.3 Å². The van der Waals surface area contributed by atoms with Crippen molar-refractivity contribution in [1.82, 2.24) is 0 Å². The molecule has 3 aromatic carbocycles. The lowest BCUT2D eigenvalue weighted by molar-refractivity contribution is -0.132. The van der Waals surface area contributed by atoms with Gasteiger partial charge in [0.05, 0.1) is 24.4 Å². The highest BCUT2D eigenvalue weighted by molar-refractivity contribution is 6.52. The van der Waals surface area contributed by atoms with E-state index in [4.69, 9.17) is 16.3 Å². The summed E-state index contributed by atoms with van der Waals surface area (Å²) in [5, 5.41) is 22.1. The lowest BCUT2D eigenvalue weighted by atomic mass is 9.85. The van der Waals surface area contributed by atoms with Crippen molar-refractivity contribution >= 4 is 34.7 Å². The average Bonchev–Trinajstić information content (AvgIpc) is 3.10. The third-order valence-electron chi connectivity index (χ3n) is 6.08. The smallest absolute Gasteiger partial charge is 0.300 e. The number of phenolic OH excluding ortho intramolecular Hbond substituents is 1. The minimum Gasteiger partial charge on any atom is -0.507 e. The molecule has 35 heavy (non-hydrogen) atoms. The predicted octanol–water partition coefficient (Wildman–Crippen LogP) is 5.98. The molecule has 1 unspecified atom stereocenters. The fraction of sp³-hybridized carbons (Fsp3) is 0.214. The summed E-state index contributed by atoms with van der Waals surface area (Å²) < 4.78 is 5.25. The van der Waals surface area contributed by atoms with E-state index in [9.17, 15) is 19.8 Å². The Bertz CT molecular complexity index is 1340. The highest BCUT2D eigenvalue weighted by atomic mass is 35.5. The van der Waals surface area contributed by atoms with Crippen LogP contribution in [-0.2, 0) is 15.0 Å². The van der Waals surface area contributed by atoms with Gasteiger partial charge < -0.3 is 14.9 Å². The Morgan fingerprint density at radius 2 is 1.69 bits per heavy atom. The van der Waals surface area contributed by atoms with Crippen molar-refractivity contribution in [3.8, 4) is 11.5 Å². The molecule has 4 rings (SSSR count). The van der Waals surface area contributed by atoms with Gasteiger partial charge >= 0.3 is 0 Å². The number of hydrogen-bond acceptors (Lipinski definition) is 5. The van der Waals surface area contributed by atoms with Crippen LogP contribution in [0.25, 0.3) is 5.76 Å². The first kappa shape index (κ1) is 24.4. The van der Waals surface area contributed by atoms with Crippen LogP contribution in [0.3, 0.4) is 0 Å². The van der Waals surface area contributed by atoms with Crippen molar-refractivity contribution in [1.29, 1.82) is 0 Å². The molecule has 1 amide bonds. The number of amides is 1. The van der Waals surface area contributed by atoms with Gasteiger partial charge in [0, 0.05) is 10.6 Å². The number of aromatic hydroxyl groups is 1.